The third kappa shape index (κ3) is 4.61. The number of para-hydroxylation sites is 1. The molecule has 2 aromatic carbocycles. The minimum absolute atomic E-state index is 0.0225. The van der Waals surface area contributed by atoms with Gasteiger partial charge in [-0.05, 0) is 67.7 Å². The standard InChI is InChI=1S/C32H31NO7/c1-18-7-5-12-22(34)11-4-2-3-8-20-16-25-28(30(36)27(20)32(38)39-18)23(17-26(35)40-25)24-15-21-10-6-9-19-13-14-33(29(19)21)31(24)37/h3,6,8-10,15-16,18,23,36H,2,4-5,7,11-14,17H2,1H3/b8-3+/t18-,23+/m1/s1. The number of aromatic hydroxyl groups is 1. The molecule has 0 bridgehead atoms. The first-order valence-electron chi connectivity index (χ1n) is 14.0. The molecular weight excluding hydrogens is 510 g/mol. The number of carbonyl (C=O) groups is 3. The van der Waals surface area contributed by atoms with Gasteiger partial charge >= 0.3 is 11.9 Å². The number of hydrogen-bond acceptors (Lipinski definition) is 7. The van der Waals surface area contributed by atoms with Gasteiger partial charge in [0.2, 0.25) is 0 Å². The maximum absolute atomic E-state index is 13.7. The number of fused-ring (bicyclic) bond motifs is 2. The van der Waals surface area contributed by atoms with E-state index in [9.17, 15) is 24.3 Å². The van der Waals surface area contributed by atoms with Gasteiger partial charge in [0.15, 0.2) is 0 Å². The topological polar surface area (TPSA) is 112 Å². The number of aryl methyl sites for hydroxylation is 2. The SMILES string of the molecule is C[C@@H]1CCCC(=O)CCC/C=C/c2cc3c(c(O)c2C(=O)O1)[C@H](c1cc2cccc4c2n(c1=O)CC4)CC(=O)O3. The van der Waals surface area contributed by atoms with Crippen LogP contribution in [-0.2, 0) is 27.3 Å². The number of phenols is 1. The van der Waals surface area contributed by atoms with Crippen LogP contribution in [0.1, 0.15) is 90.4 Å². The molecule has 0 spiro atoms. The number of rotatable bonds is 1. The second kappa shape index (κ2) is 10.4. The zero-order chi connectivity index (χ0) is 28.0. The van der Waals surface area contributed by atoms with Gasteiger partial charge in [-0.1, -0.05) is 30.4 Å². The Morgan fingerprint density at radius 3 is 2.70 bits per heavy atom. The molecule has 8 heteroatoms. The summed E-state index contributed by atoms with van der Waals surface area (Å²) >= 11 is 0. The summed E-state index contributed by atoms with van der Waals surface area (Å²) in [6.45, 7) is 2.31. The Balaban J connectivity index is 1.50. The fourth-order valence-corrected chi connectivity index (χ4v) is 6.23. The lowest BCUT2D eigenvalue weighted by Gasteiger charge is -2.27. The van der Waals surface area contributed by atoms with E-state index in [4.69, 9.17) is 9.47 Å². The molecule has 40 heavy (non-hydrogen) atoms. The van der Waals surface area contributed by atoms with Crippen LogP contribution in [0, 0.1) is 0 Å². The lowest BCUT2D eigenvalue weighted by atomic mass is 9.83. The molecule has 1 N–H and O–H groups in total. The molecule has 0 fully saturated rings. The lowest BCUT2D eigenvalue weighted by molar-refractivity contribution is -0.135. The Kier molecular flexibility index (Phi) is 6.78. The molecule has 8 nitrogen and oxygen atoms in total. The summed E-state index contributed by atoms with van der Waals surface area (Å²) in [5.41, 5.74) is 2.73. The van der Waals surface area contributed by atoms with E-state index in [-0.39, 0.29) is 40.4 Å². The van der Waals surface area contributed by atoms with Crippen molar-refractivity contribution < 1.29 is 29.0 Å². The number of Topliss-reactive ketones (excluding diaryl/α,β-unsaturated/α-hetero) is 1. The van der Waals surface area contributed by atoms with Crippen molar-refractivity contribution in [1.29, 1.82) is 0 Å². The number of esters is 2. The molecule has 0 aliphatic carbocycles. The molecule has 0 unspecified atom stereocenters. The smallest absolute Gasteiger partial charge is 0.342 e. The van der Waals surface area contributed by atoms with Gasteiger partial charge in [0.1, 0.15) is 22.8 Å². The van der Waals surface area contributed by atoms with Crippen molar-refractivity contribution in [3.63, 3.8) is 0 Å². The molecule has 6 rings (SSSR count). The molecule has 0 amide bonds. The van der Waals surface area contributed by atoms with E-state index in [2.05, 4.69) is 0 Å². The highest BCUT2D eigenvalue weighted by Gasteiger charge is 2.37. The summed E-state index contributed by atoms with van der Waals surface area (Å²) in [7, 11) is 0. The van der Waals surface area contributed by atoms with Crippen LogP contribution in [0.5, 0.6) is 11.5 Å². The first-order chi connectivity index (χ1) is 19.3. The van der Waals surface area contributed by atoms with Crippen LogP contribution in [0.15, 0.2) is 41.2 Å². The van der Waals surface area contributed by atoms with Crippen LogP contribution in [0.25, 0.3) is 17.0 Å². The molecule has 3 aliphatic rings. The first kappa shape index (κ1) is 26.0. The minimum atomic E-state index is -0.792. The van der Waals surface area contributed by atoms with E-state index in [1.807, 2.05) is 24.3 Å². The monoisotopic (exact) mass is 541 g/mol. The van der Waals surface area contributed by atoms with E-state index in [0.717, 1.165) is 22.9 Å². The summed E-state index contributed by atoms with van der Waals surface area (Å²) in [5, 5.41) is 12.5. The summed E-state index contributed by atoms with van der Waals surface area (Å²) in [5.74, 6) is -2.05. The Morgan fingerprint density at radius 1 is 1.02 bits per heavy atom. The molecule has 206 valence electrons. The number of cyclic esters (lactones) is 1. The number of ketones is 1. The number of phenolic OH excluding ortho intramolecular Hbond substituents is 1. The summed E-state index contributed by atoms with van der Waals surface area (Å²) in [6.07, 6.45) is 6.99. The van der Waals surface area contributed by atoms with Gasteiger partial charge in [-0.3, -0.25) is 14.4 Å². The highest BCUT2D eigenvalue weighted by Crippen LogP contribution is 2.47. The molecule has 3 aromatic rings. The second-order valence-corrected chi connectivity index (χ2v) is 10.9. The van der Waals surface area contributed by atoms with E-state index in [0.29, 0.717) is 56.2 Å². The van der Waals surface area contributed by atoms with Gasteiger partial charge in [-0.2, -0.15) is 0 Å². The largest absolute Gasteiger partial charge is 0.507 e. The third-order valence-electron chi connectivity index (χ3n) is 8.18. The van der Waals surface area contributed by atoms with Crippen molar-refractivity contribution in [1.82, 2.24) is 4.57 Å². The zero-order valence-corrected chi connectivity index (χ0v) is 22.4. The average molecular weight is 542 g/mol. The summed E-state index contributed by atoms with van der Waals surface area (Å²) < 4.78 is 13.0. The molecule has 0 saturated carbocycles. The van der Waals surface area contributed by atoms with Gasteiger partial charge in [0.25, 0.3) is 5.56 Å². The van der Waals surface area contributed by atoms with Gasteiger partial charge < -0.3 is 19.1 Å². The van der Waals surface area contributed by atoms with Crippen molar-refractivity contribution in [2.45, 2.75) is 76.9 Å². The maximum Gasteiger partial charge on any atom is 0.342 e. The average Bonchev–Trinajstić information content (AvgIpc) is 3.35. The predicted octanol–water partition coefficient (Wildman–Crippen LogP) is 5.19. The van der Waals surface area contributed by atoms with Crippen LogP contribution in [0.4, 0.5) is 0 Å². The lowest BCUT2D eigenvalue weighted by Crippen LogP contribution is -2.29. The number of aromatic nitrogens is 1. The highest BCUT2D eigenvalue weighted by atomic mass is 16.5. The third-order valence-corrected chi connectivity index (χ3v) is 8.18. The molecule has 2 atom stereocenters. The number of benzene rings is 2. The number of ether oxygens (including phenoxy) is 2. The molecule has 0 radical (unpaired) electrons. The second-order valence-electron chi connectivity index (χ2n) is 10.9. The summed E-state index contributed by atoms with van der Waals surface area (Å²) in [4.78, 5) is 52.1. The zero-order valence-electron chi connectivity index (χ0n) is 22.4. The van der Waals surface area contributed by atoms with Gasteiger partial charge in [0, 0.05) is 36.4 Å². The highest BCUT2D eigenvalue weighted by molar-refractivity contribution is 5.99. The van der Waals surface area contributed by atoms with Crippen molar-refractivity contribution in [3.8, 4) is 11.5 Å². The van der Waals surface area contributed by atoms with Gasteiger partial charge in [-0.25, -0.2) is 4.79 Å². The number of nitrogens with zero attached hydrogens (tertiary/aromatic N) is 1. The van der Waals surface area contributed by atoms with E-state index in [1.165, 1.54) is 0 Å². The van der Waals surface area contributed by atoms with Crippen LogP contribution in [0.2, 0.25) is 0 Å². The van der Waals surface area contributed by atoms with Crippen LogP contribution >= 0.6 is 0 Å². The van der Waals surface area contributed by atoms with E-state index >= 15 is 0 Å². The van der Waals surface area contributed by atoms with Crippen LogP contribution < -0.4 is 10.3 Å². The molecule has 1 aromatic heterocycles. The first-order valence-corrected chi connectivity index (χ1v) is 14.0. The minimum Gasteiger partial charge on any atom is -0.507 e. The Morgan fingerprint density at radius 2 is 1.85 bits per heavy atom. The quantitative estimate of drug-likeness (QED) is 0.333. The van der Waals surface area contributed by atoms with Gasteiger partial charge in [-0.15, -0.1) is 0 Å². The molecule has 4 heterocycles. The molecule has 3 aliphatic heterocycles. The fraction of sp³-hybridized carbons (Fsp3) is 0.375. The van der Waals surface area contributed by atoms with Crippen molar-refractivity contribution in [3.05, 3.63) is 74.6 Å². The van der Waals surface area contributed by atoms with Crippen LogP contribution in [-0.4, -0.2) is 33.5 Å². The summed E-state index contributed by atoms with van der Waals surface area (Å²) in [6, 6.07) is 9.25. The fourth-order valence-electron chi connectivity index (χ4n) is 6.23. The number of hydrogen-bond donors (Lipinski definition) is 1. The van der Waals surface area contributed by atoms with Crippen molar-refractivity contribution in [2.75, 3.05) is 0 Å². The maximum atomic E-state index is 13.7. The Bertz CT molecular complexity index is 1650. The Labute approximate surface area is 231 Å². The van der Waals surface area contributed by atoms with Gasteiger partial charge in [0.05, 0.1) is 18.0 Å². The molecule has 0 saturated heterocycles. The number of allylic oxidation sites excluding steroid dienone is 1. The normalized spacial score (nSPS) is 22.2. The van der Waals surface area contributed by atoms with E-state index in [1.54, 1.807) is 29.7 Å². The predicted molar refractivity (Wildman–Crippen MR) is 149 cm³/mol. The Hall–Kier alpha value is -4.20. The molecular formula is C32H31NO7. The number of pyridine rings is 1. The number of carbonyl (C=O) groups excluding carboxylic acids is 3. The van der Waals surface area contributed by atoms with E-state index < -0.39 is 24.0 Å². The van der Waals surface area contributed by atoms with Crippen molar-refractivity contribution >= 4 is 34.7 Å². The van der Waals surface area contributed by atoms with Crippen molar-refractivity contribution in [2.24, 2.45) is 0 Å². The van der Waals surface area contributed by atoms with Crippen LogP contribution in [0.3, 0.4) is 0 Å².